The van der Waals surface area contributed by atoms with Gasteiger partial charge in [0.2, 0.25) is 5.91 Å². The Hall–Kier alpha value is -4.33. The third-order valence-electron chi connectivity index (χ3n) is 5.95. The molecule has 0 aliphatic carbocycles. The maximum atomic E-state index is 13.3. The predicted molar refractivity (Wildman–Crippen MR) is 125 cm³/mol. The number of nitrogens with zero attached hydrogens (tertiary/aromatic N) is 1. The number of fused-ring (bicyclic) bond motifs is 2. The number of rotatable bonds is 5. The summed E-state index contributed by atoms with van der Waals surface area (Å²) in [7, 11) is 0. The van der Waals surface area contributed by atoms with Crippen molar-refractivity contribution < 1.29 is 23.9 Å². The molecule has 5 rings (SSSR count). The van der Waals surface area contributed by atoms with Gasteiger partial charge in [0.05, 0.1) is 6.61 Å². The molecule has 1 unspecified atom stereocenters. The number of carbonyl (C=O) groups excluding carboxylic acids is 3. The third-order valence-corrected chi connectivity index (χ3v) is 5.95. The number of carbonyl (C=O) groups is 3. The molecule has 0 aromatic heterocycles. The fourth-order valence-corrected chi connectivity index (χ4v) is 4.21. The van der Waals surface area contributed by atoms with Crippen molar-refractivity contribution >= 4 is 23.5 Å². The molecule has 3 aromatic carbocycles. The van der Waals surface area contributed by atoms with Gasteiger partial charge in [0.1, 0.15) is 23.8 Å². The van der Waals surface area contributed by atoms with Crippen LogP contribution in [0.2, 0.25) is 0 Å². The molecule has 1 fully saturated rings. The van der Waals surface area contributed by atoms with Crippen LogP contribution in [-0.2, 0) is 15.1 Å². The van der Waals surface area contributed by atoms with Gasteiger partial charge in [-0.3, -0.25) is 14.5 Å². The van der Waals surface area contributed by atoms with Crippen molar-refractivity contribution in [3.8, 4) is 17.2 Å². The van der Waals surface area contributed by atoms with Crippen molar-refractivity contribution in [3.63, 3.8) is 0 Å². The molecule has 172 valence electrons. The van der Waals surface area contributed by atoms with Crippen molar-refractivity contribution in [2.45, 2.75) is 18.9 Å². The highest BCUT2D eigenvalue weighted by atomic mass is 16.5. The van der Waals surface area contributed by atoms with E-state index in [1.807, 2.05) is 31.2 Å². The average molecular weight is 457 g/mol. The Balaban J connectivity index is 1.24. The molecule has 2 aliphatic heterocycles. The van der Waals surface area contributed by atoms with E-state index in [1.165, 1.54) is 0 Å². The lowest BCUT2D eigenvalue weighted by Crippen LogP contribution is -2.48. The van der Waals surface area contributed by atoms with Gasteiger partial charge in [-0.25, -0.2) is 4.79 Å². The Bertz CT molecular complexity index is 1260. The van der Waals surface area contributed by atoms with Crippen LogP contribution in [0.4, 0.5) is 10.5 Å². The first-order valence-electron chi connectivity index (χ1n) is 11.0. The highest BCUT2D eigenvalue weighted by molar-refractivity contribution is 6.10. The van der Waals surface area contributed by atoms with E-state index in [9.17, 15) is 14.4 Å². The maximum absolute atomic E-state index is 13.3. The zero-order chi connectivity index (χ0) is 23.7. The number of imide groups is 1. The van der Waals surface area contributed by atoms with Gasteiger partial charge < -0.3 is 20.1 Å². The zero-order valence-electron chi connectivity index (χ0n) is 18.5. The van der Waals surface area contributed by atoms with Gasteiger partial charge >= 0.3 is 6.03 Å². The summed E-state index contributed by atoms with van der Waals surface area (Å²) in [5.41, 5.74) is 1.06. The molecular formula is C26H23N3O5. The molecule has 8 heteroatoms. The minimum atomic E-state index is -1.21. The van der Waals surface area contributed by atoms with Gasteiger partial charge in [0.15, 0.2) is 5.54 Å². The number of nitrogens with one attached hydrogen (secondary N) is 2. The fraction of sp³-hybridized carbons (Fsp3) is 0.192. The Labute approximate surface area is 196 Å². The van der Waals surface area contributed by atoms with E-state index in [0.29, 0.717) is 41.5 Å². The molecule has 34 heavy (non-hydrogen) atoms. The molecule has 2 aliphatic rings. The summed E-state index contributed by atoms with van der Waals surface area (Å²) in [6.07, 6.45) is 0.301. The van der Waals surface area contributed by atoms with Gasteiger partial charge in [0.25, 0.3) is 5.91 Å². The van der Waals surface area contributed by atoms with Crippen LogP contribution in [0.3, 0.4) is 0 Å². The second kappa shape index (κ2) is 8.55. The summed E-state index contributed by atoms with van der Waals surface area (Å²) in [6, 6.07) is 21.1. The summed E-state index contributed by atoms with van der Waals surface area (Å²) in [6.45, 7) is 1.90. The SMILES string of the molecule is Cc1ccc(Oc2ccc(NC(=O)CN3C(=O)NC4(CCOc5ccccc54)C3=O)cc2)cc1. The lowest BCUT2D eigenvalue weighted by atomic mass is 9.84. The molecule has 0 radical (unpaired) electrons. The number of aryl methyl sites for hydroxylation is 1. The first-order chi connectivity index (χ1) is 16.4. The molecule has 3 aromatic rings. The number of amides is 4. The smallest absolute Gasteiger partial charge is 0.325 e. The summed E-state index contributed by atoms with van der Waals surface area (Å²) >= 11 is 0. The van der Waals surface area contributed by atoms with Gasteiger partial charge in [0, 0.05) is 17.7 Å². The lowest BCUT2D eigenvalue weighted by molar-refractivity contribution is -0.135. The minimum absolute atomic E-state index is 0.292. The number of anilines is 1. The van der Waals surface area contributed by atoms with Gasteiger partial charge in [-0.2, -0.15) is 0 Å². The normalized spacial score (nSPS) is 18.8. The van der Waals surface area contributed by atoms with Crippen LogP contribution in [0.1, 0.15) is 17.5 Å². The van der Waals surface area contributed by atoms with E-state index in [4.69, 9.17) is 9.47 Å². The summed E-state index contributed by atoms with van der Waals surface area (Å²) < 4.78 is 11.4. The van der Waals surface area contributed by atoms with Gasteiger partial charge in [-0.15, -0.1) is 0 Å². The highest BCUT2D eigenvalue weighted by Gasteiger charge is 2.55. The summed E-state index contributed by atoms with van der Waals surface area (Å²) in [5.74, 6) is 0.959. The van der Waals surface area contributed by atoms with E-state index in [-0.39, 0.29) is 0 Å². The second-order valence-electron chi connectivity index (χ2n) is 8.31. The Morgan fingerprint density at radius 2 is 1.71 bits per heavy atom. The first-order valence-corrected chi connectivity index (χ1v) is 11.0. The molecule has 2 N–H and O–H groups in total. The van der Waals surface area contributed by atoms with Gasteiger partial charge in [-0.05, 0) is 49.4 Å². The minimum Gasteiger partial charge on any atom is -0.493 e. The topological polar surface area (TPSA) is 97.0 Å². The van der Waals surface area contributed by atoms with Gasteiger partial charge in [-0.1, -0.05) is 35.9 Å². The highest BCUT2D eigenvalue weighted by Crippen LogP contribution is 2.40. The van der Waals surface area contributed by atoms with Crippen LogP contribution < -0.4 is 20.1 Å². The molecule has 1 atom stereocenters. The molecule has 0 bridgehead atoms. The van der Waals surface area contributed by atoms with E-state index < -0.39 is 29.9 Å². The van der Waals surface area contributed by atoms with Crippen molar-refractivity contribution in [3.05, 3.63) is 83.9 Å². The number of hydrogen-bond acceptors (Lipinski definition) is 5. The number of benzene rings is 3. The van der Waals surface area contributed by atoms with Crippen molar-refractivity contribution in [1.29, 1.82) is 0 Å². The number of ether oxygens (including phenoxy) is 2. The van der Waals surface area contributed by atoms with Crippen LogP contribution in [0.25, 0.3) is 0 Å². The van der Waals surface area contributed by atoms with Crippen LogP contribution in [0.5, 0.6) is 17.2 Å². The lowest BCUT2D eigenvalue weighted by Gasteiger charge is -2.33. The van der Waals surface area contributed by atoms with E-state index in [0.717, 1.165) is 10.5 Å². The van der Waals surface area contributed by atoms with Crippen molar-refractivity contribution in [2.75, 3.05) is 18.5 Å². The van der Waals surface area contributed by atoms with E-state index >= 15 is 0 Å². The van der Waals surface area contributed by atoms with E-state index in [2.05, 4.69) is 10.6 Å². The van der Waals surface area contributed by atoms with Crippen molar-refractivity contribution in [1.82, 2.24) is 10.2 Å². The van der Waals surface area contributed by atoms with Crippen molar-refractivity contribution in [2.24, 2.45) is 0 Å². The third kappa shape index (κ3) is 3.94. The second-order valence-corrected chi connectivity index (χ2v) is 8.31. The Morgan fingerprint density at radius 3 is 2.44 bits per heavy atom. The first kappa shape index (κ1) is 21.5. The largest absolute Gasteiger partial charge is 0.493 e. The number of urea groups is 1. The fourth-order valence-electron chi connectivity index (χ4n) is 4.21. The molecular weight excluding hydrogens is 434 g/mol. The standard InChI is InChI=1S/C26H23N3O5/c1-17-6-10-19(11-7-17)34-20-12-8-18(9-13-20)27-23(30)16-29-24(31)26(28-25(29)32)14-15-33-22-5-3-2-4-21(22)26/h2-13H,14-16H2,1H3,(H,27,30)(H,28,32). The Morgan fingerprint density at radius 1 is 1.03 bits per heavy atom. The molecule has 1 spiro atoms. The van der Waals surface area contributed by atoms with Crippen LogP contribution >= 0.6 is 0 Å². The summed E-state index contributed by atoms with van der Waals surface area (Å²) in [5, 5.41) is 5.52. The number of hydrogen-bond donors (Lipinski definition) is 2. The molecule has 8 nitrogen and oxygen atoms in total. The molecule has 1 saturated heterocycles. The van der Waals surface area contributed by atoms with Crippen LogP contribution in [0, 0.1) is 6.92 Å². The van der Waals surface area contributed by atoms with Crippen LogP contribution in [0.15, 0.2) is 72.8 Å². The maximum Gasteiger partial charge on any atom is 0.325 e. The quantitative estimate of drug-likeness (QED) is 0.566. The molecule has 4 amide bonds. The van der Waals surface area contributed by atoms with Crippen LogP contribution in [-0.4, -0.2) is 35.9 Å². The average Bonchev–Trinajstić information content (AvgIpc) is 3.07. The van der Waals surface area contributed by atoms with E-state index in [1.54, 1.807) is 48.5 Å². The molecule has 2 heterocycles. The monoisotopic (exact) mass is 457 g/mol. The predicted octanol–water partition coefficient (Wildman–Crippen LogP) is 3.96. The zero-order valence-corrected chi connectivity index (χ0v) is 18.5. The Kier molecular flexibility index (Phi) is 5.41. The number of para-hydroxylation sites is 1. The summed E-state index contributed by atoms with van der Waals surface area (Å²) in [4.78, 5) is 39.5. The molecule has 0 saturated carbocycles.